The molecule has 0 saturated heterocycles. The molecule has 0 saturated carbocycles. The van der Waals surface area contributed by atoms with Crippen molar-refractivity contribution in [1.82, 2.24) is 4.31 Å². The second-order valence-electron chi connectivity index (χ2n) is 5.86. The Kier molecular flexibility index (Phi) is 6.70. The SMILES string of the molecule is CCN(C(=O)COC(=O)c1cccc(S(=O)(=O)N(C)C)c1)c1ccccc1. The van der Waals surface area contributed by atoms with Crippen molar-refractivity contribution in [1.29, 1.82) is 0 Å². The number of amides is 1. The zero-order valence-electron chi connectivity index (χ0n) is 15.5. The van der Waals surface area contributed by atoms with Gasteiger partial charge in [0.2, 0.25) is 10.0 Å². The summed E-state index contributed by atoms with van der Waals surface area (Å²) in [6.45, 7) is 1.81. The van der Waals surface area contributed by atoms with Crippen LogP contribution < -0.4 is 4.90 Å². The maximum absolute atomic E-state index is 12.4. The number of hydrogen-bond donors (Lipinski definition) is 0. The Labute approximate surface area is 159 Å². The number of para-hydroxylation sites is 1. The average molecular weight is 390 g/mol. The summed E-state index contributed by atoms with van der Waals surface area (Å²) in [5.74, 6) is -1.13. The zero-order chi connectivity index (χ0) is 20.0. The number of carbonyl (C=O) groups is 2. The largest absolute Gasteiger partial charge is 0.452 e. The highest BCUT2D eigenvalue weighted by atomic mass is 32.2. The number of ether oxygens (including phenoxy) is 1. The highest BCUT2D eigenvalue weighted by Crippen LogP contribution is 2.16. The summed E-state index contributed by atoms with van der Waals surface area (Å²) in [5.41, 5.74) is 0.772. The van der Waals surface area contributed by atoms with Gasteiger partial charge < -0.3 is 9.64 Å². The van der Waals surface area contributed by atoms with Crippen molar-refractivity contribution in [2.75, 3.05) is 32.1 Å². The first kappa shape index (κ1) is 20.6. The summed E-state index contributed by atoms with van der Waals surface area (Å²) in [4.78, 5) is 26.1. The Hall–Kier alpha value is -2.71. The van der Waals surface area contributed by atoms with Gasteiger partial charge in [0.05, 0.1) is 10.5 Å². The fourth-order valence-electron chi connectivity index (χ4n) is 2.39. The van der Waals surface area contributed by atoms with Crippen LogP contribution in [-0.4, -0.2) is 51.8 Å². The van der Waals surface area contributed by atoms with Gasteiger partial charge in [-0.3, -0.25) is 4.79 Å². The van der Waals surface area contributed by atoms with Crippen molar-refractivity contribution in [2.24, 2.45) is 0 Å². The Morgan fingerprint density at radius 2 is 1.67 bits per heavy atom. The van der Waals surface area contributed by atoms with Gasteiger partial charge in [0.15, 0.2) is 6.61 Å². The predicted octanol–water partition coefficient (Wildman–Crippen LogP) is 2.15. The van der Waals surface area contributed by atoms with Crippen molar-refractivity contribution in [3.8, 4) is 0 Å². The maximum Gasteiger partial charge on any atom is 0.338 e. The molecule has 8 heteroatoms. The Morgan fingerprint density at radius 3 is 2.26 bits per heavy atom. The number of sulfonamides is 1. The van der Waals surface area contributed by atoms with Crippen LogP contribution in [0.2, 0.25) is 0 Å². The van der Waals surface area contributed by atoms with E-state index in [2.05, 4.69) is 0 Å². The molecule has 0 aliphatic heterocycles. The molecule has 0 aliphatic carbocycles. The second-order valence-corrected chi connectivity index (χ2v) is 8.02. The van der Waals surface area contributed by atoms with Crippen LogP contribution in [0.4, 0.5) is 5.69 Å². The van der Waals surface area contributed by atoms with Gasteiger partial charge >= 0.3 is 5.97 Å². The highest BCUT2D eigenvalue weighted by molar-refractivity contribution is 7.89. The lowest BCUT2D eigenvalue weighted by Gasteiger charge is -2.20. The smallest absolute Gasteiger partial charge is 0.338 e. The molecule has 2 aromatic rings. The van der Waals surface area contributed by atoms with Crippen LogP contribution >= 0.6 is 0 Å². The molecule has 0 heterocycles. The third kappa shape index (κ3) is 4.93. The van der Waals surface area contributed by atoms with Crippen LogP contribution in [0.3, 0.4) is 0 Å². The Balaban J connectivity index is 2.09. The van der Waals surface area contributed by atoms with E-state index in [9.17, 15) is 18.0 Å². The van der Waals surface area contributed by atoms with E-state index in [1.807, 2.05) is 25.1 Å². The molecule has 0 spiro atoms. The Morgan fingerprint density at radius 1 is 1.00 bits per heavy atom. The Bertz CT molecular complexity index is 911. The molecular weight excluding hydrogens is 368 g/mol. The lowest BCUT2D eigenvalue weighted by Crippen LogP contribution is -2.34. The lowest BCUT2D eigenvalue weighted by atomic mass is 10.2. The van der Waals surface area contributed by atoms with Crippen molar-refractivity contribution < 1.29 is 22.7 Å². The molecule has 0 N–H and O–H groups in total. The number of rotatable bonds is 7. The van der Waals surface area contributed by atoms with E-state index in [1.165, 1.54) is 43.3 Å². The third-order valence-corrected chi connectivity index (χ3v) is 5.67. The molecule has 0 radical (unpaired) electrons. The molecule has 0 aromatic heterocycles. The van der Waals surface area contributed by atoms with Crippen LogP contribution in [0.15, 0.2) is 59.5 Å². The summed E-state index contributed by atoms with van der Waals surface area (Å²) in [5, 5.41) is 0. The molecule has 27 heavy (non-hydrogen) atoms. The maximum atomic E-state index is 12.4. The summed E-state index contributed by atoms with van der Waals surface area (Å²) in [6, 6.07) is 14.6. The van der Waals surface area contributed by atoms with Gasteiger partial charge in [-0.25, -0.2) is 17.5 Å². The van der Waals surface area contributed by atoms with E-state index < -0.39 is 22.6 Å². The molecule has 2 rings (SSSR count). The van der Waals surface area contributed by atoms with Crippen molar-refractivity contribution in [2.45, 2.75) is 11.8 Å². The standard InChI is InChI=1S/C19H22N2O5S/c1-4-21(16-10-6-5-7-11-16)18(22)14-26-19(23)15-9-8-12-17(13-15)27(24,25)20(2)3/h5-13H,4,14H2,1-3H3. The molecule has 2 aromatic carbocycles. The van der Waals surface area contributed by atoms with Gasteiger partial charge in [0, 0.05) is 26.3 Å². The first-order chi connectivity index (χ1) is 12.8. The number of benzene rings is 2. The fraction of sp³-hybridized carbons (Fsp3) is 0.263. The van der Waals surface area contributed by atoms with E-state index >= 15 is 0 Å². The molecule has 0 aliphatic rings. The van der Waals surface area contributed by atoms with Crippen LogP contribution in [0.1, 0.15) is 17.3 Å². The number of hydrogen-bond acceptors (Lipinski definition) is 5. The summed E-state index contributed by atoms with van der Waals surface area (Å²) >= 11 is 0. The summed E-state index contributed by atoms with van der Waals surface area (Å²) in [7, 11) is -0.858. The van der Waals surface area contributed by atoms with Crippen molar-refractivity contribution in [3.05, 3.63) is 60.2 Å². The van der Waals surface area contributed by atoms with Gasteiger partial charge in [-0.15, -0.1) is 0 Å². The molecule has 0 fully saturated rings. The van der Waals surface area contributed by atoms with E-state index in [4.69, 9.17) is 4.74 Å². The lowest BCUT2D eigenvalue weighted by molar-refractivity contribution is -0.121. The van der Waals surface area contributed by atoms with Crippen molar-refractivity contribution >= 4 is 27.6 Å². The van der Waals surface area contributed by atoms with Gasteiger partial charge in [0.1, 0.15) is 0 Å². The van der Waals surface area contributed by atoms with E-state index in [-0.39, 0.29) is 16.4 Å². The number of anilines is 1. The predicted molar refractivity (Wildman–Crippen MR) is 102 cm³/mol. The average Bonchev–Trinajstić information content (AvgIpc) is 2.67. The molecule has 144 valence electrons. The van der Waals surface area contributed by atoms with Crippen LogP contribution in [0.5, 0.6) is 0 Å². The zero-order valence-corrected chi connectivity index (χ0v) is 16.3. The van der Waals surface area contributed by atoms with Crippen LogP contribution in [-0.2, 0) is 19.6 Å². The van der Waals surface area contributed by atoms with Crippen molar-refractivity contribution in [3.63, 3.8) is 0 Å². The number of nitrogens with zero attached hydrogens (tertiary/aromatic N) is 2. The monoisotopic (exact) mass is 390 g/mol. The molecule has 0 atom stereocenters. The van der Waals surface area contributed by atoms with Crippen LogP contribution in [0.25, 0.3) is 0 Å². The normalized spacial score (nSPS) is 11.3. The van der Waals surface area contributed by atoms with Crippen LogP contribution in [0, 0.1) is 0 Å². The minimum Gasteiger partial charge on any atom is -0.452 e. The fourth-order valence-corrected chi connectivity index (χ4v) is 3.34. The van der Waals surface area contributed by atoms with E-state index in [0.717, 1.165) is 4.31 Å². The quantitative estimate of drug-likeness (QED) is 0.677. The molecule has 1 amide bonds. The topological polar surface area (TPSA) is 84.0 Å². The van der Waals surface area contributed by atoms with E-state index in [0.29, 0.717) is 12.2 Å². The number of carbonyl (C=O) groups excluding carboxylic acids is 2. The minimum atomic E-state index is -3.67. The molecule has 7 nitrogen and oxygen atoms in total. The second kappa shape index (κ2) is 8.79. The molecular formula is C19H22N2O5S. The van der Waals surface area contributed by atoms with Gasteiger partial charge in [0.25, 0.3) is 5.91 Å². The number of esters is 1. The first-order valence-electron chi connectivity index (χ1n) is 8.32. The minimum absolute atomic E-state index is 0.0206. The summed E-state index contributed by atoms with van der Waals surface area (Å²) in [6.07, 6.45) is 0. The molecule has 0 unspecified atom stereocenters. The van der Waals surface area contributed by atoms with Gasteiger partial charge in [-0.05, 0) is 37.3 Å². The summed E-state index contributed by atoms with van der Waals surface area (Å²) < 4.78 is 30.5. The highest BCUT2D eigenvalue weighted by Gasteiger charge is 2.20. The first-order valence-corrected chi connectivity index (χ1v) is 9.76. The van der Waals surface area contributed by atoms with E-state index in [1.54, 1.807) is 12.1 Å². The van der Waals surface area contributed by atoms with Gasteiger partial charge in [-0.1, -0.05) is 24.3 Å². The third-order valence-electron chi connectivity index (χ3n) is 3.86. The number of likely N-dealkylation sites (N-methyl/N-ethyl adjacent to an activating group) is 1. The van der Waals surface area contributed by atoms with Gasteiger partial charge in [-0.2, -0.15) is 0 Å². The molecule has 0 bridgehead atoms.